The van der Waals surface area contributed by atoms with Crippen molar-refractivity contribution in [2.75, 3.05) is 0 Å². The monoisotopic (exact) mass is 258 g/mol. The van der Waals surface area contributed by atoms with E-state index < -0.39 is 0 Å². The molecule has 0 aromatic carbocycles. The number of imidazole rings is 1. The van der Waals surface area contributed by atoms with Crippen molar-refractivity contribution in [1.82, 2.24) is 19.7 Å². The van der Waals surface area contributed by atoms with Crippen molar-refractivity contribution in [1.29, 1.82) is 0 Å². The number of hydrogen-bond donors (Lipinski definition) is 0. The van der Waals surface area contributed by atoms with Crippen molar-refractivity contribution < 1.29 is 0 Å². The molecule has 0 unspecified atom stereocenters. The van der Waals surface area contributed by atoms with Crippen LogP contribution in [-0.2, 0) is 5.33 Å². The number of alkyl halides is 1. The lowest BCUT2D eigenvalue weighted by Gasteiger charge is -1.90. The summed E-state index contributed by atoms with van der Waals surface area (Å²) in [6.07, 6.45) is 3.69. The lowest BCUT2D eigenvalue weighted by molar-refractivity contribution is 0.952. The van der Waals surface area contributed by atoms with Crippen molar-refractivity contribution >= 4 is 27.3 Å². The Bertz CT molecular complexity index is 408. The summed E-state index contributed by atoms with van der Waals surface area (Å²) in [5.41, 5.74) is 0.993. The summed E-state index contributed by atoms with van der Waals surface area (Å²) in [5, 5.41) is 10.5. The molecular formula is C7H7BrN4S. The van der Waals surface area contributed by atoms with E-state index in [-0.39, 0.29) is 0 Å². The summed E-state index contributed by atoms with van der Waals surface area (Å²) in [5.74, 6) is 0. The molecule has 0 aliphatic heterocycles. The minimum Gasteiger partial charge on any atom is -0.280 e. The van der Waals surface area contributed by atoms with Crippen molar-refractivity contribution in [3.63, 3.8) is 0 Å². The van der Waals surface area contributed by atoms with E-state index in [0.717, 1.165) is 21.2 Å². The van der Waals surface area contributed by atoms with Crippen LogP contribution in [0.5, 0.6) is 0 Å². The van der Waals surface area contributed by atoms with E-state index in [1.165, 1.54) is 0 Å². The van der Waals surface area contributed by atoms with Gasteiger partial charge in [-0.1, -0.05) is 27.3 Å². The lowest BCUT2D eigenvalue weighted by Crippen LogP contribution is -1.87. The Morgan fingerprint density at radius 2 is 2.38 bits per heavy atom. The van der Waals surface area contributed by atoms with Gasteiger partial charge >= 0.3 is 0 Å². The van der Waals surface area contributed by atoms with Gasteiger partial charge in [0.05, 0.1) is 5.69 Å². The molecule has 0 atom stereocenters. The Labute approximate surface area is 87.8 Å². The van der Waals surface area contributed by atoms with Crippen molar-refractivity contribution in [3.05, 3.63) is 23.2 Å². The van der Waals surface area contributed by atoms with Gasteiger partial charge in [-0.3, -0.25) is 4.57 Å². The van der Waals surface area contributed by atoms with Crippen LogP contribution in [0, 0.1) is 6.92 Å². The third-order valence-electron chi connectivity index (χ3n) is 1.51. The van der Waals surface area contributed by atoms with Crippen LogP contribution >= 0.6 is 27.3 Å². The maximum Gasteiger partial charge on any atom is 0.217 e. The van der Waals surface area contributed by atoms with Crippen molar-refractivity contribution in [3.8, 4) is 5.13 Å². The van der Waals surface area contributed by atoms with Crippen LogP contribution in [0.3, 0.4) is 0 Å². The molecule has 2 aromatic heterocycles. The molecule has 2 rings (SSSR count). The van der Waals surface area contributed by atoms with Gasteiger partial charge in [0.25, 0.3) is 0 Å². The predicted octanol–water partition coefficient (Wildman–Crippen LogP) is 1.93. The fourth-order valence-corrected chi connectivity index (χ4v) is 1.85. The van der Waals surface area contributed by atoms with Crippen LogP contribution in [0.4, 0.5) is 0 Å². The zero-order valence-electron chi connectivity index (χ0n) is 6.94. The first kappa shape index (κ1) is 8.83. The molecule has 13 heavy (non-hydrogen) atoms. The number of nitrogens with zero attached hydrogens (tertiary/aromatic N) is 4. The molecule has 0 aliphatic carbocycles. The Morgan fingerprint density at radius 3 is 2.92 bits per heavy atom. The standard InChI is InChI=1S/C7H7BrN4S/c1-5-10-11-7(13-5)12-3-6(2-8)9-4-12/h3-4H,2H2,1H3. The summed E-state index contributed by atoms with van der Waals surface area (Å²) in [4.78, 5) is 4.18. The molecular weight excluding hydrogens is 252 g/mol. The Balaban J connectivity index is 2.35. The van der Waals surface area contributed by atoms with Crippen molar-refractivity contribution in [2.45, 2.75) is 12.3 Å². The van der Waals surface area contributed by atoms with Gasteiger partial charge in [-0.15, -0.1) is 10.2 Å². The zero-order chi connectivity index (χ0) is 9.26. The minimum atomic E-state index is 0.762. The SMILES string of the molecule is Cc1nnc(-n2cnc(CBr)c2)s1. The van der Waals surface area contributed by atoms with E-state index in [2.05, 4.69) is 31.1 Å². The average Bonchev–Trinajstić information content (AvgIpc) is 2.71. The molecule has 0 saturated heterocycles. The van der Waals surface area contributed by atoms with E-state index in [1.807, 2.05) is 17.7 Å². The van der Waals surface area contributed by atoms with Crippen LogP contribution < -0.4 is 0 Å². The van der Waals surface area contributed by atoms with Crippen LogP contribution in [0.25, 0.3) is 5.13 Å². The van der Waals surface area contributed by atoms with Crippen LogP contribution in [-0.4, -0.2) is 19.7 Å². The Hall–Kier alpha value is -0.750. The van der Waals surface area contributed by atoms with Gasteiger partial charge in [0.15, 0.2) is 0 Å². The van der Waals surface area contributed by atoms with Crippen LogP contribution in [0.15, 0.2) is 12.5 Å². The molecule has 0 fully saturated rings. The fourth-order valence-electron chi connectivity index (χ4n) is 0.928. The van der Waals surface area contributed by atoms with Gasteiger partial charge in [-0.2, -0.15) is 0 Å². The molecule has 4 nitrogen and oxygen atoms in total. The molecule has 6 heteroatoms. The number of aromatic nitrogens is 4. The second kappa shape index (κ2) is 3.55. The Morgan fingerprint density at radius 1 is 1.54 bits per heavy atom. The summed E-state index contributed by atoms with van der Waals surface area (Å²) in [6.45, 7) is 1.93. The molecule has 0 bridgehead atoms. The molecule has 2 heterocycles. The van der Waals surface area contributed by atoms with E-state index in [9.17, 15) is 0 Å². The average molecular weight is 259 g/mol. The first-order valence-electron chi connectivity index (χ1n) is 3.69. The molecule has 0 spiro atoms. The third kappa shape index (κ3) is 1.78. The number of rotatable bonds is 2. The molecule has 0 N–H and O–H groups in total. The molecule has 68 valence electrons. The highest BCUT2D eigenvalue weighted by molar-refractivity contribution is 9.08. The minimum absolute atomic E-state index is 0.762. The number of aryl methyl sites for hydroxylation is 1. The molecule has 0 saturated carbocycles. The predicted molar refractivity (Wildman–Crippen MR) is 54.4 cm³/mol. The van der Waals surface area contributed by atoms with Crippen LogP contribution in [0.2, 0.25) is 0 Å². The third-order valence-corrected chi connectivity index (χ3v) is 2.94. The van der Waals surface area contributed by atoms with E-state index in [4.69, 9.17) is 0 Å². The van der Waals surface area contributed by atoms with Gasteiger partial charge in [0.2, 0.25) is 5.13 Å². The quantitative estimate of drug-likeness (QED) is 0.774. The van der Waals surface area contributed by atoms with Gasteiger partial charge < -0.3 is 0 Å². The van der Waals surface area contributed by atoms with Gasteiger partial charge in [0.1, 0.15) is 11.3 Å². The summed E-state index contributed by atoms with van der Waals surface area (Å²) >= 11 is 4.89. The summed E-state index contributed by atoms with van der Waals surface area (Å²) in [6, 6.07) is 0. The largest absolute Gasteiger partial charge is 0.280 e. The first-order valence-corrected chi connectivity index (χ1v) is 5.62. The molecule has 0 aliphatic rings. The summed E-state index contributed by atoms with van der Waals surface area (Å²) in [7, 11) is 0. The Kier molecular flexibility index (Phi) is 2.41. The second-order valence-electron chi connectivity index (χ2n) is 2.51. The normalized spacial score (nSPS) is 10.6. The lowest BCUT2D eigenvalue weighted by atomic mass is 10.6. The summed E-state index contributed by atoms with van der Waals surface area (Å²) < 4.78 is 1.88. The van der Waals surface area contributed by atoms with Crippen LogP contribution in [0.1, 0.15) is 10.7 Å². The van der Waals surface area contributed by atoms with E-state index in [0.29, 0.717) is 0 Å². The number of hydrogen-bond acceptors (Lipinski definition) is 4. The van der Waals surface area contributed by atoms with E-state index >= 15 is 0 Å². The molecule has 0 amide bonds. The van der Waals surface area contributed by atoms with Crippen molar-refractivity contribution in [2.24, 2.45) is 0 Å². The topological polar surface area (TPSA) is 43.6 Å². The fraction of sp³-hybridized carbons (Fsp3) is 0.286. The zero-order valence-corrected chi connectivity index (χ0v) is 9.34. The van der Waals surface area contributed by atoms with Gasteiger partial charge in [-0.25, -0.2) is 4.98 Å². The molecule has 2 aromatic rings. The first-order chi connectivity index (χ1) is 6.29. The smallest absolute Gasteiger partial charge is 0.217 e. The van der Waals surface area contributed by atoms with Gasteiger partial charge in [0, 0.05) is 11.5 Å². The second-order valence-corrected chi connectivity index (χ2v) is 4.23. The van der Waals surface area contributed by atoms with Gasteiger partial charge in [-0.05, 0) is 6.92 Å². The molecule has 0 radical (unpaired) electrons. The highest BCUT2D eigenvalue weighted by Crippen LogP contribution is 2.14. The highest BCUT2D eigenvalue weighted by Gasteiger charge is 2.03. The number of halogens is 1. The maximum absolute atomic E-state index is 4.18. The maximum atomic E-state index is 4.18. The highest BCUT2D eigenvalue weighted by atomic mass is 79.9. The van der Waals surface area contributed by atoms with E-state index in [1.54, 1.807) is 17.7 Å².